The maximum absolute atomic E-state index is 12.8. The van der Waals surface area contributed by atoms with E-state index >= 15 is 0 Å². The van der Waals surface area contributed by atoms with Crippen LogP contribution in [0.4, 0.5) is 4.79 Å². The number of hydrogen-bond acceptors (Lipinski definition) is 9. The standard InChI is InChI=1S/C21H27N9O2S/c1-27-17-16(18(31)23-20(27)32)29(19(22-17)28-11-6-3-7-12-28)13-8-14-33-21-24-25-26-30(21)15-9-4-2-5-10-15/h2,4-5,9-10,16-17H,3,6-8,11-14H2,1H3,(H,23,31,32). The monoisotopic (exact) mass is 469 g/mol. The number of nitrogens with one attached hydrogen (secondary N) is 1. The van der Waals surface area contributed by atoms with Gasteiger partial charge in [0.05, 0.1) is 5.69 Å². The van der Waals surface area contributed by atoms with Crippen LogP contribution in [0.5, 0.6) is 0 Å². The molecular weight excluding hydrogens is 442 g/mol. The Labute approximate surface area is 196 Å². The van der Waals surface area contributed by atoms with E-state index in [2.05, 4.69) is 30.6 Å². The molecule has 11 nitrogen and oxygen atoms in total. The number of guanidine groups is 1. The SMILES string of the molecule is CN1C(=O)NC(=O)C2C1N=C(N1CCCCC1)N2CCCSc1nnnn1-c1ccccc1. The Balaban J connectivity index is 1.27. The van der Waals surface area contributed by atoms with Gasteiger partial charge in [0.15, 0.2) is 18.2 Å². The van der Waals surface area contributed by atoms with E-state index in [-0.39, 0.29) is 5.91 Å². The average Bonchev–Trinajstić information content (AvgIpc) is 3.47. The third-order valence-electron chi connectivity index (χ3n) is 6.19. The second-order valence-corrected chi connectivity index (χ2v) is 9.41. The van der Waals surface area contributed by atoms with Gasteiger partial charge in [0.25, 0.3) is 5.91 Å². The fourth-order valence-corrected chi connectivity index (χ4v) is 5.32. The maximum Gasteiger partial charge on any atom is 0.325 e. The number of aromatic nitrogens is 4. The fourth-order valence-electron chi connectivity index (χ4n) is 4.51. The number of nitrogens with zero attached hydrogens (tertiary/aromatic N) is 8. The molecule has 33 heavy (non-hydrogen) atoms. The Bertz CT molecular complexity index is 1040. The Hall–Kier alpha value is -3.15. The molecule has 5 rings (SSSR count). The first-order chi connectivity index (χ1) is 16.1. The molecule has 2 atom stereocenters. The smallest absolute Gasteiger partial charge is 0.325 e. The third-order valence-corrected chi connectivity index (χ3v) is 7.20. The van der Waals surface area contributed by atoms with Crippen LogP contribution < -0.4 is 5.32 Å². The van der Waals surface area contributed by atoms with Gasteiger partial charge in [-0.1, -0.05) is 30.0 Å². The lowest BCUT2D eigenvalue weighted by Gasteiger charge is -2.38. The number of thioether (sulfide) groups is 1. The van der Waals surface area contributed by atoms with Gasteiger partial charge in [-0.15, -0.1) is 5.10 Å². The van der Waals surface area contributed by atoms with Gasteiger partial charge >= 0.3 is 6.03 Å². The number of rotatable bonds is 6. The molecule has 1 aromatic carbocycles. The van der Waals surface area contributed by atoms with Crippen molar-refractivity contribution in [1.82, 2.24) is 40.2 Å². The lowest BCUT2D eigenvalue weighted by atomic mass is 10.1. The molecule has 0 saturated carbocycles. The molecule has 174 valence electrons. The Morgan fingerprint density at radius 3 is 2.70 bits per heavy atom. The Kier molecular flexibility index (Phi) is 6.16. The number of benzene rings is 1. The third kappa shape index (κ3) is 4.26. The molecular formula is C21H27N9O2S. The number of carbonyl (C=O) groups excluding carboxylic acids is 2. The highest BCUT2D eigenvalue weighted by Gasteiger charge is 2.49. The summed E-state index contributed by atoms with van der Waals surface area (Å²) in [6.07, 6.45) is 3.76. The number of piperidine rings is 1. The van der Waals surface area contributed by atoms with Gasteiger partial charge in [0, 0.05) is 32.4 Å². The van der Waals surface area contributed by atoms with Gasteiger partial charge in [-0.25, -0.2) is 9.79 Å². The van der Waals surface area contributed by atoms with E-state index in [0.29, 0.717) is 6.54 Å². The molecule has 2 fully saturated rings. The van der Waals surface area contributed by atoms with Crippen molar-refractivity contribution in [1.29, 1.82) is 0 Å². The van der Waals surface area contributed by atoms with Gasteiger partial charge in [-0.05, 0) is 48.2 Å². The van der Waals surface area contributed by atoms with Gasteiger partial charge in [0.1, 0.15) is 0 Å². The van der Waals surface area contributed by atoms with Gasteiger partial charge in [-0.2, -0.15) is 4.68 Å². The van der Waals surface area contributed by atoms with Crippen molar-refractivity contribution in [3.8, 4) is 5.69 Å². The van der Waals surface area contributed by atoms with E-state index in [1.54, 1.807) is 23.5 Å². The maximum atomic E-state index is 12.8. The number of tetrazole rings is 1. The summed E-state index contributed by atoms with van der Waals surface area (Å²) in [6.45, 7) is 2.51. The molecule has 4 heterocycles. The van der Waals surface area contributed by atoms with Crippen LogP contribution >= 0.6 is 11.8 Å². The van der Waals surface area contributed by atoms with Gasteiger partial charge in [-0.3, -0.25) is 10.1 Å². The molecule has 3 aliphatic heterocycles. The number of fused-ring (bicyclic) bond motifs is 1. The summed E-state index contributed by atoms with van der Waals surface area (Å²) in [4.78, 5) is 35.6. The highest BCUT2D eigenvalue weighted by molar-refractivity contribution is 7.99. The van der Waals surface area contributed by atoms with Crippen molar-refractivity contribution in [2.45, 2.75) is 43.0 Å². The molecule has 0 aliphatic carbocycles. The van der Waals surface area contributed by atoms with Crippen LogP contribution in [0.1, 0.15) is 25.7 Å². The van der Waals surface area contributed by atoms with E-state index in [4.69, 9.17) is 4.99 Å². The van der Waals surface area contributed by atoms with Crippen LogP contribution in [0.25, 0.3) is 5.69 Å². The highest BCUT2D eigenvalue weighted by Crippen LogP contribution is 2.28. The highest BCUT2D eigenvalue weighted by atomic mass is 32.2. The summed E-state index contributed by atoms with van der Waals surface area (Å²) in [6, 6.07) is 8.90. The molecule has 2 saturated heterocycles. The first-order valence-electron chi connectivity index (χ1n) is 11.3. The van der Waals surface area contributed by atoms with Gasteiger partial charge in [0.2, 0.25) is 5.16 Å². The van der Waals surface area contributed by atoms with Crippen LogP contribution in [0.3, 0.4) is 0 Å². The van der Waals surface area contributed by atoms with Crippen molar-refractivity contribution in [2.24, 2.45) is 4.99 Å². The van der Waals surface area contributed by atoms with Crippen LogP contribution in [0, 0.1) is 0 Å². The molecule has 0 bridgehead atoms. The predicted octanol–water partition coefficient (Wildman–Crippen LogP) is 1.18. The van der Waals surface area contributed by atoms with Crippen molar-refractivity contribution < 1.29 is 9.59 Å². The largest absolute Gasteiger partial charge is 0.343 e. The van der Waals surface area contributed by atoms with Crippen molar-refractivity contribution >= 4 is 29.7 Å². The number of amides is 3. The lowest BCUT2D eigenvalue weighted by Crippen LogP contribution is -2.64. The van der Waals surface area contributed by atoms with Crippen molar-refractivity contribution in [3.05, 3.63) is 30.3 Å². The summed E-state index contributed by atoms with van der Waals surface area (Å²) in [5.41, 5.74) is 0.915. The molecule has 12 heteroatoms. The molecule has 1 N–H and O–H groups in total. The topological polar surface area (TPSA) is 112 Å². The fraction of sp³-hybridized carbons (Fsp3) is 0.524. The molecule has 2 aromatic rings. The van der Waals surface area contributed by atoms with E-state index in [9.17, 15) is 9.59 Å². The number of carbonyl (C=O) groups is 2. The second kappa shape index (κ2) is 9.38. The minimum Gasteiger partial charge on any atom is -0.343 e. The van der Waals surface area contributed by atoms with Gasteiger partial charge < -0.3 is 14.7 Å². The van der Waals surface area contributed by atoms with Crippen LogP contribution in [0.2, 0.25) is 0 Å². The Morgan fingerprint density at radius 1 is 1.12 bits per heavy atom. The number of urea groups is 1. The number of para-hydroxylation sites is 1. The lowest BCUT2D eigenvalue weighted by molar-refractivity contribution is -0.127. The average molecular weight is 470 g/mol. The molecule has 3 aliphatic rings. The summed E-state index contributed by atoms with van der Waals surface area (Å²) < 4.78 is 1.73. The number of likely N-dealkylation sites (tertiary alicyclic amines) is 1. The number of aliphatic imine (C=N–C) groups is 1. The Morgan fingerprint density at radius 2 is 1.91 bits per heavy atom. The molecule has 0 radical (unpaired) electrons. The van der Waals surface area contributed by atoms with Crippen molar-refractivity contribution in [3.63, 3.8) is 0 Å². The van der Waals surface area contributed by atoms with Crippen LogP contribution in [-0.4, -0.2) is 97.4 Å². The predicted molar refractivity (Wildman–Crippen MR) is 123 cm³/mol. The second-order valence-electron chi connectivity index (χ2n) is 8.34. The zero-order chi connectivity index (χ0) is 22.8. The van der Waals surface area contributed by atoms with Crippen LogP contribution in [0.15, 0.2) is 40.5 Å². The quantitative estimate of drug-likeness (QED) is 0.496. The first-order valence-corrected chi connectivity index (χ1v) is 12.3. The summed E-state index contributed by atoms with van der Waals surface area (Å²) in [7, 11) is 1.69. The van der Waals surface area contributed by atoms with E-state index in [0.717, 1.165) is 54.9 Å². The first kappa shape index (κ1) is 21.7. The summed E-state index contributed by atoms with van der Waals surface area (Å²) in [5, 5.41) is 15.3. The molecule has 0 spiro atoms. The number of likely N-dealkylation sites (N-methyl/N-ethyl adjacent to an activating group) is 1. The molecule has 3 amide bonds. The van der Waals surface area contributed by atoms with Crippen molar-refractivity contribution in [2.75, 3.05) is 32.4 Å². The normalized spacial score (nSPS) is 22.9. The summed E-state index contributed by atoms with van der Waals surface area (Å²) >= 11 is 1.58. The minimum absolute atomic E-state index is 0.278. The summed E-state index contributed by atoms with van der Waals surface area (Å²) in [5.74, 6) is 1.34. The number of hydrogen-bond donors (Lipinski definition) is 1. The van der Waals surface area contributed by atoms with Crippen LogP contribution in [-0.2, 0) is 4.79 Å². The van der Waals surface area contributed by atoms with E-state index < -0.39 is 18.2 Å². The minimum atomic E-state index is -0.496. The van der Waals surface area contributed by atoms with E-state index in [1.807, 2.05) is 30.3 Å². The molecule has 1 aromatic heterocycles. The number of imide groups is 1. The zero-order valence-corrected chi connectivity index (χ0v) is 19.3. The molecule has 2 unspecified atom stereocenters. The van der Waals surface area contributed by atoms with E-state index in [1.165, 1.54) is 11.3 Å². The zero-order valence-electron chi connectivity index (χ0n) is 18.5.